The van der Waals surface area contributed by atoms with Crippen molar-refractivity contribution in [2.24, 2.45) is 7.05 Å². The molecule has 114 valence electrons. The molecular weight excluding hydrogens is 288 g/mol. The first-order valence-electron chi connectivity index (χ1n) is 6.82. The summed E-state index contributed by atoms with van der Waals surface area (Å²) in [7, 11) is -1.42. The topological polar surface area (TPSA) is 76.0 Å². The first-order chi connectivity index (χ1) is 10.0. The van der Waals surface area contributed by atoms with E-state index in [9.17, 15) is 8.42 Å². The highest BCUT2D eigenvalue weighted by atomic mass is 32.2. The summed E-state index contributed by atoms with van der Waals surface area (Å²) in [6.45, 7) is 2.88. The van der Waals surface area contributed by atoms with Crippen LogP contribution in [0.2, 0.25) is 0 Å². The summed E-state index contributed by atoms with van der Waals surface area (Å²) in [6, 6.07) is 6.73. The maximum Gasteiger partial charge on any atom is 0.240 e. The number of rotatable bonds is 7. The van der Waals surface area contributed by atoms with Crippen molar-refractivity contribution >= 4 is 15.7 Å². The van der Waals surface area contributed by atoms with E-state index in [1.807, 2.05) is 17.8 Å². The number of aromatic nitrogens is 2. The molecule has 0 spiro atoms. The van der Waals surface area contributed by atoms with Crippen LogP contribution >= 0.6 is 0 Å². The number of hydrogen-bond acceptors (Lipinski definition) is 4. The van der Waals surface area contributed by atoms with Crippen LogP contribution in [0.25, 0.3) is 0 Å². The van der Waals surface area contributed by atoms with Gasteiger partial charge in [-0.2, -0.15) is 0 Å². The van der Waals surface area contributed by atoms with Gasteiger partial charge in [-0.15, -0.1) is 0 Å². The lowest BCUT2D eigenvalue weighted by atomic mass is 10.3. The van der Waals surface area contributed by atoms with Crippen molar-refractivity contribution in [3.8, 4) is 0 Å². The van der Waals surface area contributed by atoms with Crippen molar-refractivity contribution in [1.29, 1.82) is 0 Å². The molecule has 7 heteroatoms. The Morgan fingerprint density at radius 1 is 1.24 bits per heavy atom. The zero-order valence-electron chi connectivity index (χ0n) is 12.2. The SMILES string of the molecule is CCNS(=O)(=O)c1ccc(NCCc2nccn2C)cc1. The van der Waals surface area contributed by atoms with Gasteiger partial charge in [-0.3, -0.25) is 0 Å². The number of hydrogen-bond donors (Lipinski definition) is 2. The number of imidazole rings is 1. The third kappa shape index (κ3) is 4.05. The predicted molar refractivity (Wildman–Crippen MR) is 82.7 cm³/mol. The van der Waals surface area contributed by atoms with Gasteiger partial charge in [0.2, 0.25) is 10.0 Å². The Bertz CT molecular complexity index is 677. The smallest absolute Gasteiger partial charge is 0.240 e. The lowest BCUT2D eigenvalue weighted by molar-refractivity contribution is 0.584. The van der Waals surface area contributed by atoms with Gasteiger partial charge in [0.15, 0.2) is 0 Å². The molecule has 21 heavy (non-hydrogen) atoms. The maximum absolute atomic E-state index is 11.8. The van der Waals surface area contributed by atoms with Crippen LogP contribution in [0.4, 0.5) is 5.69 Å². The first-order valence-corrected chi connectivity index (χ1v) is 8.31. The van der Waals surface area contributed by atoms with E-state index in [1.54, 1.807) is 37.4 Å². The van der Waals surface area contributed by atoms with Crippen LogP contribution < -0.4 is 10.0 Å². The van der Waals surface area contributed by atoms with Crippen LogP contribution in [0, 0.1) is 0 Å². The van der Waals surface area contributed by atoms with Crippen molar-refractivity contribution in [2.45, 2.75) is 18.2 Å². The summed E-state index contributed by atoms with van der Waals surface area (Å²) < 4.78 is 28.1. The third-order valence-corrected chi connectivity index (χ3v) is 4.66. The molecule has 2 aromatic rings. The van der Waals surface area contributed by atoms with Crippen molar-refractivity contribution in [2.75, 3.05) is 18.4 Å². The van der Waals surface area contributed by atoms with E-state index in [2.05, 4.69) is 15.0 Å². The standard InChI is InChI=1S/C14H20N4O2S/c1-3-17-21(19,20)13-6-4-12(5-7-13)15-9-8-14-16-10-11-18(14)2/h4-7,10-11,15,17H,3,8-9H2,1-2H3. The third-order valence-electron chi connectivity index (χ3n) is 3.10. The zero-order valence-corrected chi connectivity index (χ0v) is 13.0. The molecule has 1 aromatic carbocycles. The van der Waals surface area contributed by atoms with Crippen LogP contribution in [-0.2, 0) is 23.5 Å². The van der Waals surface area contributed by atoms with E-state index in [1.165, 1.54) is 0 Å². The van der Waals surface area contributed by atoms with Gasteiger partial charge in [0.25, 0.3) is 0 Å². The van der Waals surface area contributed by atoms with Gasteiger partial charge in [0.1, 0.15) is 5.82 Å². The monoisotopic (exact) mass is 308 g/mol. The van der Waals surface area contributed by atoms with Gasteiger partial charge in [-0.05, 0) is 24.3 Å². The molecule has 0 atom stereocenters. The Morgan fingerprint density at radius 2 is 1.95 bits per heavy atom. The van der Waals surface area contributed by atoms with Gasteiger partial charge in [-0.25, -0.2) is 18.1 Å². The molecule has 1 heterocycles. The van der Waals surface area contributed by atoms with Crippen LogP contribution in [0.1, 0.15) is 12.7 Å². The van der Waals surface area contributed by atoms with Crippen molar-refractivity contribution < 1.29 is 8.42 Å². The number of nitrogens with one attached hydrogen (secondary N) is 2. The summed E-state index contributed by atoms with van der Waals surface area (Å²) in [5.41, 5.74) is 0.889. The molecule has 2 N–H and O–H groups in total. The summed E-state index contributed by atoms with van der Waals surface area (Å²) >= 11 is 0. The van der Waals surface area contributed by atoms with E-state index in [4.69, 9.17) is 0 Å². The molecule has 0 fully saturated rings. The Labute approximate surface area is 125 Å². The van der Waals surface area contributed by atoms with Crippen LogP contribution in [0.3, 0.4) is 0 Å². The van der Waals surface area contributed by atoms with Gasteiger partial charge in [0.05, 0.1) is 4.90 Å². The Balaban J connectivity index is 1.92. The number of anilines is 1. The highest BCUT2D eigenvalue weighted by molar-refractivity contribution is 7.89. The zero-order chi connectivity index (χ0) is 15.3. The predicted octanol–water partition coefficient (Wildman–Crippen LogP) is 1.37. The van der Waals surface area contributed by atoms with E-state index >= 15 is 0 Å². The van der Waals surface area contributed by atoms with E-state index < -0.39 is 10.0 Å². The second-order valence-corrected chi connectivity index (χ2v) is 6.42. The molecule has 0 saturated heterocycles. The lowest BCUT2D eigenvalue weighted by Crippen LogP contribution is -2.23. The average Bonchev–Trinajstić information content (AvgIpc) is 2.85. The normalized spacial score (nSPS) is 11.5. The highest BCUT2D eigenvalue weighted by Crippen LogP contribution is 2.13. The minimum Gasteiger partial charge on any atom is -0.385 e. The fraction of sp³-hybridized carbons (Fsp3) is 0.357. The average molecular weight is 308 g/mol. The molecule has 0 bridgehead atoms. The number of aryl methyl sites for hydroxylation is 1. The molecular formula is C14H20N4O2S. The van der Waals surface area contributed by atoms with Crippen molar-refractivity contribution in [3.63, 3.8) is 0 Å². The molecule has 1 aromatic heterocycles. The van der Waals surface area contributed by atoms with E-state index in [0.29, 0.717) is 6.54 Å². The van der Waals surface area contributed by atoms with Crippen LogP contribution in [0.15, 0.2) is 41.6 Å². The largest absolute Gasteiger partial charge is 0.385 e. The maximum atomic E-state index is 11.8. The molecule has 0 saturated carbocycles. The lowest BCUT2D eigenvalue weighted by Gasteiger charge is -2.08. The van der Waals surface area contributed by atoms with E-state index in [-0.39, 0.29) is 4.90 Å². The fourth-order valence-electron chi connectivity index (χ4n) is 1.98. The fourth-order valence-corrected chi connectivity index (χ4v) is 3.02. The second-order valence-electron chi connectivity index (χ2n) is 4.66. The summed E-state index contributed by atoms with van der Waals surface area (Å²) in [5.74, 6) is 1.01. The minimum absolute atomic E-state index is 0.277. The van der Waals surface area contributed by atoms with Crippen LogP contribution in [0.5, 0.6) is 0 Å². The molecule has 0 aliphatic heterocycles. The number of sulfonamides is 1. The molecule has 0 unspecified atom stereocenters. The van der Waals surface area contributed by atoms with Gasteiger partial charge < -0.3 is 9.88 Å². The van der Waals surface area contributed by atoms with E-state index in [0.717, 1.165) is 24.5 Å². The van der Waals surface area contributed by atoms with Gasteiger partial charge in [-0.1, -0.05) is 6.92 Å². The summed E-state index contributed by atoms with van der Waals surface area (Å²) in [5, 5.41) is 3.25. The molecule has 0 aliphatic rings. The second kappa shape index (κ2) is 6.73. The first kappa shape index (κ1) is 15.5. The van der Waals surface area contributed by atoms with Gasteiger partial charge >= 0.3 is 0 Å². The Kier molecular flexibility index (Phi) is 4.98. The molecule has 6 nitrogen and oxygen atoms in total. The van der Waals surface area contributed by atoms with Crippen molar-refractivity contribution in [3.05, 3.63) is 42.5 Å². The van der Waals surface area contributed by atoms with Gasteiger partial charge in [0, 0.05) is 44.6 Å². The summed E-state index contributed by atoms with van der Waals surface area (Å²) in [4.78, 5) is 4.53. The summed E-state index contributed by atoms with van der Waals surface area (Å²) in [6.07, 6.45) is 4.49. The quantitative estimate of drug-likeness (QED) is 0.810. The van der Waals surface area contributed by atoms with Crippen LogP contribution in [-0.4, -0.2) is 31.1 Å². The molecule has 2 rings (SSSR count). The number of nitrogens with zero attached hydrogens (tertiary/aromatic N) is 2. The Morgan fingerprint density at radius 3 is 2.52 bits per heavy atom. The van der Waals surface area contributed by atoms with Crippen molar-refractivity contribution in [1.82, 2.24) is 14.3 Å². The minimum atomic E-state index is -3.38. The molecule has 0 radical (unpaired) electrons. The highest BCUT2D eigenvalue weighted by Gasteiger charge is 2.11. The molecule has 0 aliphatic carbocycles. The Hall–Kier alpha value is -1.86. The molecule has 0 amide bonds. The number of benzene rings is 1.